The number of nitrogens with two attached hydrogens (primary N) is 1. The third-order valence-electron chi connectivity index (χ3n) is 1.21. The van der Waals surface area contributed by atoms with E-state index >= 15 is 0 Å². The van der Waals surface area contributed by atoms with Crippen LogP contribution in [-0.4, -0.2) is 36.8 Å². The van der Waals surface area contributed by atoms with Gasteiger partial charge in [0.05, 0.1) is 12.9 Å². The zero-order valence-electron chi connectivity index (χ0n) is 6.93. The van der Waals surface area contributed by atoms with Gasteiger partial charge in [0.2, 0.25) is 0 Å². The van der Waals surface area contributed by atoms with E-state index in [0.29, 0.717) is 11.8 Å². The maximum absolute atomic E-state index is 12.0. The first-order chi connectivity index (χ1) is 5.91. The predicted molar refractivity (Wildman–Crippen MR) is 43.4 cm³/mol. The van der Waals surface area contributed by atoms with E-state index in [1.54, 1.807) is 0 Å². The summed E-state index contributed by atoms with van der Waals surface area (Å²) in [5.74, 6) is -1.02. The van der Waals surface area contributed by atoms with Gasteiger partial charge in [-0.05, 0) is 0 Å². The summed E-state index contributed by atoms with van der Waals surface area (Å²) in [6.45, 7) is -0.537. The second-order valence-electron chi connectivity index (χ2n) is 2.15. The predicted octanol–water partition coefficient (Wildman–Crippen LogP) is 0.782. The molecule has 0 amide bonds. The summed E-state index contributed by atoms with van der Waals surface area (Å²) in [7, 11) is 1.12. The zero-order valence-corrected chi connectivity index (χ0v) is 7.74. The fourth-order valence-corrected chi connectivity index (χ4v) is 1.30. The molecule has 0 aromatic rings. The summed E-state index contributed by atoms with van der Waals surface area (Å²) in [5, 5.41) is -1.70. The largest absolute Gasteiger partial charge is 0.468 e. The van der Waals surface area contributed by atoms with Crippen molar-refractivity contribution in [2.45, 2.75) is 11.4 Å². The van der Waals surface area contributed by atoms with Gasteiger partial charge in [-0.3, -0.25) is 4.79 Å². The molecule has 0 aliphatic rings. The first-order valence-electron chi connectivity index (χ1n) is 3.37. The van der Waals surface area contributed by atoms with Crippen molar-refractivity contribution in [3.8, 4) is 0 Å². The number of rotatable bonds is 4. The zero-order chi connectivity index (χ0) is 10.5. The SMILES string of the molecule is COC(=O)CSC(CN)C(F)(F)F. The van der Waals surface area contributed by atoms with E-state index in [9.17, 15) is 18.0 Å². The number of hydrogen-bond donors (Lipinski definition) is 1. The van der Waals surface area contributed by atoms with Crippen LogP contribution < -0.4 is 5.73 Å². The van der Waals surface area contributed by atoms with E-state index < -0.39 is 23.9 Å². The average molecular weight is 217 g/mol. The lowest BCUT2D eigenvalue weighted by Gasteiger charge is -2.16. The molecule has 78 valence electrons. The molecule has 0 rings (SSSR count). The van der Waals surface area contributed by atoms with Gasteiger partial charge in [0, 0.05) is 6.54 Å². The van der Waals surface area contributed by atoms with E-state index in [2.05, 4.69) is 4.74 Å². The lowest BCUT2D eigenvalue weighted by molar-refractivity contribution is -0.137. The summed E-state index contributed by atoms with van der Waals surface area (Å²) in [5.41, 5.74) is 4.89. The first kappa shape index (κ1) is 12.6. The Bertz CT molecular complexity index is 174. The Labute approximate surface area is 77.8 Å². The Morgan fingerprint density at radius 1 is 1.62 bits per heavy atom. The molecule has 0 spiro atoms. The van der Waals surface area contributed by atoms with Crippen molar-refractivity contribution in [2.24, 2.45) is 5.73 Å². The standard InChI is InChI=1S/C6H10F3NO2S/c1-12-5(11)3-13-4(2-10)6(7,8)9/h4H,2-3,10H2,1H3. The molecule has 1 atom stereocenters. The highest BCUT2D eigenvalue weighted by atomic mass is 32.2. The number of hydrogen-bond acceptors (Lipinski definition) is 4. The maximum Gasteiger partial charge on any atom is 0.401 e. The van der Waals surface area contributed by atoms with Crippen LogP contribution in [0.25, 0.3) is 0 Å². The smallest absolute Gasteiger partial charge is 0.401 e. The Balaban J connectivity index is 3.93. The number of thioether (sulfide) groups is 1. The van der Waals surface area contributed by atoms with E-state index in [-0.39, 0.29) is 5.75 Å². The second kappa shape index (κ2) is 5.33. The van der Waals surface area contributed by atoms with E-state index in [1.165, 1.54) is 0 Å². The van der Waals surface area contributed by atoms with Crippen LogP contribution in [0.15, 0.2) is 0 Å². The van der Waals surface area contributed by atoms with Gasteiger partial charge in [0.25, 0.3) is 0 Å². The number of halogens is 3. The molecule has 0 aliphatic heterocycles. The number of esters is 1. The lowest BCUT2D eigenvalue weighted by atomic mass is 10.4. The van der Waals surface area contributed by atoms with Crippen LogP contribution >= 0.6 is 11.8 Å². The highest BCUT2D eigenvalue weighted by Crippen LogP contribution is 2.29. The summed E-state index contributed by atoms with van der Waals surface area (Å²) >= 11 is 0.437. The van der Waals surface area contributed by atoms with Crippen molar-refractivity contribution in [1.82, 2.24) is 0 Å². The molecule has 0 aromatic heterocycles. The summed E-state index contributed by atoms with van der Waals surface area (Å²) in [6.07, 6.45) is -4.37. The highest BCUT2D eigenvalue weighted by Gasteiger charge is 2.39. The molecule has 0 heterocycles. The van der Waals surface area contributed by atoms with Crippen molar-refractivity contribution < 1.29 is 22.7 Å². The molecule has 3 nitrogen and oxygen atoms in total. The number of carbonyl (C=O) groups is 1. The number of methoxy groups -OCH3 is 1. The average Bonchev–Trinajstić information content (AvgIpc) is 2.02. The second-order valence-corrected chi connectivity index (χ2v) is 3.34. The Hall–Kier alpha value is -0.430. The number of carbonyl (C=O) groups excluding carboxylic acids is 1. The van der Waals surface area contributed by atoms with Gasteiger partial charge < -0.3 is 10.5 Å². The molecule has 0 fully saturated rings. The van der Waals surface area contributed by atoms with Crippen molar-refractivity contribution in [1.29, 1.82) is 0 Å². The molecule has 0 aliphatic carbocycles. The topological polar surface area (TPSA) is 52.3 Å². The quantitative estimate of drug-likeness (QED) is 0.707. The Kier molecular flexibility index (Phi) is 5.16. The van der Waals surface area contributed by atoms with E-state index in [0.717, 1.165) is 7.11 Å². The van der Waals surface area contributed by atoms with Gasteiger partial charge in [-0.15, -0.1) is 11.8 Å². The van der Waals surface area contributed by atoms with Crippen molar-refractivity contribution >= 4 is 17.7 Å². The van der Waals surface area contributed by atoms with Crippen LogP contribution in [0.1, 0.15) is 0 Å². The Morgan fingerprint density at radius 3 is 2.46 bits per heavy atom. The third kappa shape index (κ3) is 4.99. The van der Waals surface area contributed by atoms with Gasteiger partial charge in [0.15, 0.2) is 0 Å². The van der Waals surface area contributed by atoms with Gasteiger partial charge in [0.1, 0.15) is 5.25 Å². The Morgan fingerprint density at radius 2 is 2.15 bits per heavy atom. The molecule has 0 aromatic carbocycles. The van der Waals surface area contributed by atoms with Crippen molar-refractivity contribution in [2.75, 3.05) is 19.4 Å². The normalized spacial score (nSPS) is 13.9. The molecule has 0 radical (unpaired) electrons. The minimum atomic E-state index is -4.37. The molecule has 2 N–H and O–H groups in total. The fourth-order valence-electron chi connectivity index (χ4n) is 0.524. The molecular weight excluding hydrogens is 207 g/mol. The maximum atomic E-state index is 12.0. The van der Waals surface area contributed by atoms with Crippen LogP contribution in [-0.2, 0) is 9.53 Å². The first-order valence-corrected chi connectivity index (χ1v) is 4.42. The summed E-state index contributed by atoms with van der Waals surface area (Å²) < 4.78 is 40.3. The van der Waals surface area contributed by atoms with E-state index in [1.807, 2.05) is 0 Å². The molecule has 13 heavy (non-hydrogen) atoms. The molecule has 7 heteroatoms. The van der Waals surface area contributed by atoms with Crippen LogP contribution in [0, 0.1) is 0 Å². The van der Waals surface area contributed by atoms with Gasteiger partial charge in [-0.1, -0.05) is 0 Å². The fraction of sp³-hybridized carbons (Fsp3) is 0.833. The molecule has 0 saturated carbocycles. The van der Waals surface area contributed by atoms with Gasteiger partial charge in [-0.2, -0.15) is 13.2 Å². The molecule has 0 saturated heterocycles. The molecular formula is C6H10F3NO2S. The monoisotopic (exact) mass is 217 g/mol. The van der Waals surface area contributed by atoms with Crippen LogP contribution in [0.2, 0.25) is 0 Å². The van der Waals surface area contributed by atoms with Crippen LogP contribution in [0.4, 0.5) is 13.2 Å². The van der Waals surface area contributed by atoms with Crippen molar-refractivity contribution in [3.05, 3.63) is 0 Å². The highest BCUT2D eigenvalue weighted by molar-refractivity contribution is 8.00. The third-order valence-corrected chi connectivity index (χ3v) is 2.47. The van der Waals surface area contributed by atoms with Crippen LogP contribution in [0.5, 0.6) is 0 Å². The van der Waals surface area contributed by atoms with Crippen LogP contribution in [0.3, 0.4) is 0 Å². The molecule has 1 unspecified atom stereocenters. The number of ether oxygens (including phenoxy) is 1. The van der Waals surface area contributed by atoms with Gasteiger partial charge in [-0.25, -0.2) is 0 Å². The van der Waals surface area contributed by atoms with E-state index in [4.69, 9.17) is 5.73 Å². The minimum Gasteiger partial charge on any atom is -0.468 e. The minimum absolute atomic E-state index is 0.335. The van der Waals surface area contributed by atoms with Crippen molar-refractivity contribution in [3.63, 3.8) is 0 Å². The molecule has 0 bridgehead atoms. The summed E-state index contributed by atoms with van der Waals surface area (Å²) in [4.78, 5) is 10.5. The lowest BCUT2D eigenvalue weighted by Crippen LogP contribution is -2.34. The number of alkyl halides is 3. The summed E-state index contributed by atoms with van der Waals surface area (Å²) in [6, 6.07) is 0. The van der Waals surface area contributed by atoms with Gasteiger partial charge >= 0.3 is 12.1 Å².